The van der Waals surface area contributed by atoms with E-state index >= 15 is 0 Å². The maximum atomic E-state index is 12.2. The highest BCUT2D eigenvalue weighted by Gasteiger charge is 2.26. The smallest absolute Gasteiger partial charge is 0.241 e. The number of rotatable bonds is 4. The number of piperidine rings is 1. The van der Waals surface area contributed by atoms with E-state index in [4.69, 9.17) is 10.5 Å². The Kier molecular flexibility index (Phi) is 4.98. The van der Waals surface area contributed by atoms with Crippen LogP contribution in [0.25, 0.3) is 0 Å². The number of nitrogen functional groups attached to an aromatic ring is 1. The molecule has 1 unspecified atom stereocenters. The van der Waals surface area contributed by atoms with Crippen LogP contribution in [0.2, 0.25) is 0 Å². The van der Waals surface area contributed by atoms with Crippen molar-refractivity contribution in [1.82, 2.24) is 4.90 Å². The number of ether oxygens (including phenoxy) is 1. The van der Waals surface area contributed by atoms with E-state index < -0.39 is 0 Å². The van der Waals surface area contributed by atoms with Gasteiger partial charge in [0, 0.05) is 31.6 Å². The van der Waals surface area contributed by atoms with Gasteiger partial charge in [0.1, 0.15) is 0 Å². The minimum atomic E-state index is -0.144. The molecule has 1 amide bonds. The molecule has 0 saturated carbocycles. The van der Waals surface area contributed by atoms with E-state index in [2.05, 4.69) is 10.2 Å². The molecule has 0 radical (unpaired) electrons. The quantitative estimate of drug-likeness (QED) is 0.822. The zero-order valence-corrected chi connectivity index (χ0v) is 12.1. The van der Waals surface area contributed by atoms with Crippen molar-refractivity contribution >= 4 is 17.3 Å². The molecule has 2 rings (SSSR count). The highest BCUT2D eigenvalue weighted by atomic mass is 16.5. The van der Waals surface area contributed by atoms with E-state index in [-0.39, 0.29) is 11.9 Å². The average molecular weight is 277 g/mol. The molecule has 0 spiro atoms. The Labute approximate surface area is 120 Å². The fourth-order valence-electron chi connectivity index (χ4n) is 2.53. The van der Waals surface area contributed by atoms with E-state index in [1.807, 2.05) is 19.1 Å². The third-order valence-electron chi connectivity index (χ3n) is 3.89. The zero-order chi connectivity index (χ0) is 14.5. The molecular formula is C15H23N3O2. The largest absolute Gasteiger partial charge is 0.399 e. The number of likely N-dealkylation sites (tertiary alicyclic amines) is 1. The Morgan fingerprint density at radius 1 is 1.45 bits per heavy atom. The Bertz CT molecular complexity index is 456. The molecule has 1 fully saturated rings. The van der Waals surface area contributed by atoms with Crippen LogP contribution in [0.4, 0.5) is 11.4 Å². The van der Waals surface area contributed by atoms with Gasteiger partial charge in [0.15, 0.2) is 0 Å². The third kappa shape index (κ3) is 3.71. The van der Waals surface area contributed by atoms with Crippen LogP contribution in [0.5, 0.6) is 0 Å². The summed E-state index contributed by atoms with van der Waals surface area (Å²) < 4.78 is 5.35. The van der Waals surface area contributed by atoms with E-state index in [0.717, 1.165) is 31.6 Å². The highest BCUT2D eigenvalue weighted by Crippen LogP contribution is 2.17. The zero-order valence-electron chi connectivity index (χ0n) is 12.1. The van der Waals surface area contributed by atoms with Crippen LogP contribution in [0, 0.1) is 0 Å². The van der Waals surface area contributed by atoms with Gasteiger partial charge in [0.05, 0.1) is 12.1 Å². The van der Waals surface area contributed by atoms with Crippen LogP contribution < -0.4 is 11.1 Å². The summed E-state index contributed by atoms with van der Waals surface area (Å²) in [4.78, 5) is 14.4. The summed E-state index contributed by atoms with van der Waals surface area (Å²) in [6, 6.07) is 7.10. The number of carbonyl (C=O) groups excluding carboxylic acids is 1. The van der Waals surface area contributed by atoms with E-state index in [0.29, 0.717) is 11.8 Å². The van der Waals surface area contributed by atoms with Gasteiger partial charge in [0.2, 0.25) is 5.91 Å². The van der Waals surface area contributed by atoms with Crippen molar-refractivity contribution in [3.8, 4) is 0 Å². The lowest BCUT2D eigenvalue weighted by Gasteiger charge is -2.34. The summed E-state index contributed by atoms with van der Waals surface area (Å²) in [5, 5.41) is 2.91. The summed E-state index contributed by atoms with van der Waals surface area (Å²) in [6.45, 7) is 3.73. The van der Waals surface area contributed by atoms with Crippen molar-refractivity contribution in [3.63, 3.8) is 0 Å². The van der Waals surface area contributed by atoms with Crippen LogP contribution in [-0.4, -0.2) is 43.2 Å². The molecule has 1 aliphatic heterocycles. The van der Waals surface area contributed by atoms with E-state index in [1.54, 1.807) is 19.2 Å². The molecule has 5 nitrogen and oxygen atoms in total. The topological polar surface area (TPSA) is 67.6 Å². The molecule has 1 saturated heterocycles. The fourth-order valence-corrected chi connectivity index (χ4v) is 2.53. The van der Waals surface area contributed by atoms with Crippen LogP contribution >= 0.6 is 0 Å². The normalized spacial score (nSPS) is 18.7. The summed E-state index contributed by atoms with van der Waals surface area (Å²) >= 11 is 0. The Morgan fingerprint density at radius 3 is 2.75 bits per heavy atom. The van der Waals surface area contributed by atoms with Gasteiger partial charge in [-0.1, -0.05) is 6.07 Å². The van der Waals surface area contributed by atoms with Crippen molar-refractivity contribution in [2.24, 2.45) is 0 Å². The molecule has 1 atom stereocenters. The first-order chi connectivity index (χ1) is 9.60. The first-order valence-corrected chi connectivity index (χ1v) is 7.03. The number of carbonyl (C=O) groups is 1. The number of nitrogens with one attached hydrogen (secondary N) is 1. The predicted molar refractivity (Wildman–Crippen MR) is 80.6 cm³/mol. The number of hydrogen-bond donors (Lipinski definition) is 2. The molecule has 5 heteroatoms. The molecule has 110 valence electrons. The lowest BCUT2D eigenvalue weighted by molar-refractivity contribution is -0.121. The number of benzene rings is 1. The highest BCUT2D eigenvalue weighted by molar-refractivity contribution is 5.94. The summed E-state index contributed by atoms with van der Waals surface area (Å²) in [7, 11) is 1.75. The summed E-state index contributed by atoms with van der Waals surface area (Å²) in [5.74, 6) is 0.00599. The number of hydrogen-bond acceptors (Lipinski definition) is 4. The van der Waals surface area contributed by atoms with Crippen molar-refractivity contribution in [3.05, 3.63) is 24.3 Å². The minimum Gasteiger partial charge on any atom is -0.399 e. The second-order valence-corrected chi connectivity index (χ2v) is 5.26. The van der Waals surface area contributed by atoms with Crippen molar-refractivity contribution in [2.75, 3.05) is 31.2 Å². The number of methoxy groups -OCH3 is 1. The van der Waals surface area contributed by atoms with Crippen molar-refractivity contribution in [1.29, 1.82) is 0 Å². The van der Waals surface area contributed by atoms with Gasteiger partial charge in [0.25, 0.3) is 0 Å². The Morgan fingerprint density at radius 2 is 2.15 bits per heavy atom. The molecule has 1 aromatic carbocycles. The van der Waals surface area contributed by atoms with Gasteiger partial charge in [-0.05, 0) is 38.0 Å². The van der Waals surface area contributed by atoms with Gasteiger partial charge in [-0.25, -0.2) is 0 Å². The first-order valence-electron chi connectivity index (χ1n) is 7.03. The van der Waals surface area contributed by atoms with Gasteiger partial charge >= 0.3 is 0 Å². The number of anilines is 2. The molecule has 1 heterocycles. The number of nitrogens with zero attached hydrogens (tertiary/aromatic N) is 1. The van der Waals surface area contributed by atoms with Crippen molar-refractivity contribution in [2.45, 2.75) is 31.9 Å². The second kappa shape index (κ2) is 6.72. The third-order valence-corrected chi connectivity index (χ3v) is 3.89. The number of amides is 1. The minimum absolute atomic E-state index is 0.00599. The first kappa shape index (κ1) is 14.8. The lowest BCUT2D eigenvalue weighted by Crippen LogP contribution is -2.47. The molecule has 1 aliphatic rings. The van der Waals surface area contributed by atoms with E-state index in [9.17, 15) is 4.79 Å². The summed E-state index contributed by atoms with van der Waals surface area (Å²) in [5.41, 5.74) is 7.10. The van der Waals surface area contributed by atoms with Crippen LogP contribution in [0.1, 0.15) is 19.8 Å². The van der Waals surface area contributed by atoms with Crippen LogP contribution in [0.15, 0.2) is 24.3 Å². The summed E-state index contributed by atoms with van der Waals surface area (Å²) in [6.07, 6.45) is 2.29. The molecule has 1 aromatic rings. The molecule has 0 aliphatic carbocycles. The fraction of sp³-hybridized carbons (Fsp3) is 0.533. The molecule has 0 aromatic heterocycles. The SMILES string of the molecule is COC1CCN(C(C)C(=O)Nc2cccc(N)c2)CC1. The van der Waals surface area contributed by atoms with Gasteiger partial charge in [-0.3, -0.25) is 9.69 Å². The molecular weight excluding hydrogens is 254 g/mol. The maximum absolute atomic E-state index is 12.2. The van der Waals surface area contributed by atoms with Gasteiger partial charge in [-0.15, -0.1) is 0 Å². The number of nitrogens with two attached hydrogens (primary N) is 1. The second-order valence-electron chi connectivity index (χ2n) is 5.26. The Hall–Kier alpha value is -1.59. The van der Waals surface area contributed by atoms with Gasteiger partial charge in [-0.2, -0.15) is 0 Å². The monoisotopic (exact) mass is 277 g/mol. The van der Waals surface area contributed by atoms with E-state index in [1.165, 1.54) is 0 Å². The lowest BCUT2D eigenvalue weighted by atomic mass is 10.1. The molecule has 20 heavy (non-hydrogen) atoms. The standard InChI is InChI=1S/C15H23N3O2/c1-11(18-8-6-14(20-2)7-9-18)15(19)17-13-5-3-4-12(16)10-13/h3-5,10-11,14H,6-9,16H2,1-2H3,(H,17,19). The maximum Gasteiger partial charge on any atom is 0.241 e. The van der Waals surface area contributed by atoms with Crippen molar-refractivity contribution < 1.29 is 9.53 Å². The van der Waals surface area contributed by atoms with Gasteiger partial charge < -0.3 is 15.8 Å². The molecule has 0 bridgehead atoms. The Balaban J connectivity index is 1.89. The predicted octanol–water partition coefficient (Wildman–Crippen LogP) is 1.71. The van der Waals surface area contributed by atoms with Crippen LogP contribution in [-0.2, 0) is 9.53 Å². The molecule has 3 N–H and O–H groups in total. The van der Waals surface area contributed by atoms with Crippen LogP contribution in [0.3, 0.4) is 0 Å². The average Bonchev–Trinajstić information content (AvgIpc) is 2.46.